The molecule has 0 atom stereocenters. The van der Waals surface area contributed by atoms with Crippen molar-refractivity contribution in [1.82, 2.24) is 4.98 Å². The summed E-state index contributed by atoms with van der Waals surface area (Å²) in [6.45, 7) is 1.81. The standard InChI is InChI=1S/C13H9F4N3/c1-7-4-2-3-5-8(7)6-18-20-11-9(14)12(16)19-13(17)10(11)15/h2-6H,1H3,(H,19,20)/b18-6-. The van der Waals surface area contributed by atoms with Crippen LogP contribution in [0.3, 0.4) is 0 Å². The van der Waals surface area contributed by atoms with Gasteiger partial charge in [-0.25, -0.2) is 0 Å². The number of aromatic nitrogens is 1. The number of anilines is 1. The molecule has 0 aliphatic carbocycles. The molecule has 1 N–H and O–H groups in total. The van der Waals surface area contributed by atoms with Crippen LogP contribution < -0.4 is 5.43 Å². The van der Waals surface area contributed by atoms with Crippen molar-refractivity contribution in [2.75, 3.05) is 5.43 Å². The number of nitrogens with zero attached hydrogens (tertiary/aromatic N) is 2. The average Bonchev–Trinajstić information content (AvgIpc) is 2.42. The van der Waals surface area contributed by atoms with Crippen molar-refractivity contribution < 1.29 is 17.6 Å². The summed E-state index contributed by atoms with van der Waals surface area (Å²) in [5.41, 5.74) is 2.48. The summed E-state index contributed by atoms with van der Waals surface area (Å²) in [6.07, 6.45) is 1.28. The van der Waals surface area contributed by atoms with Crippen LogP contribution in [0.5, 0.6) is 0 Å². The van der Waals surface area contributed by atoms with Gasteiger partial charge in [0.05, 0.1) is 6.21 Å². The maximum Gasteiger partial charge on any atom is 0.254 e. The molecule has 104 valence electrons. The van der Waals surface area contributed by atoms with E-state index < -0.39 is 29.2 Å². The first-order valence-electron chi connectivity index (χ1n) is 5.55. The molecule has 2 aromatic rings. The molecule has 1 aromatic heterocycles. The van der Waals surface area contributed by atoms with Gasteiger partial charge in [0, 0.05) is 0 Å². The summed E-state index contributed by atoms with van der Waals surface area (Å²) in [5, 5.41) is 3.56. The second-order valence-electron chi connectivity index (χ2n) is 3.92. The number of nitrogens with one attached hydrogen (secondary N) is 1. The molecule has 1 aromatic carbocycles. The molecule has 0 aliphatic heterocycles. The van der Waals surface area contributed by atoms with Crippen molar-refractivity contribution in [2.24, 2.45) is 5.10 Å². The molecular formula is C13H9F4N3. The van der Waals surface area contributed by atoms with E-state index in [4.69, 9.17) is 0 Å². The van der Waals surface area contributed by atoms with Crippen molar-refractivity contribution in [3.8, 4) is 0 Å². The van der Waals surface area contributed by atoms with E-state index >= 15 is 0 Å². The highest BCUT2D eigenvalue weighted by atomic mass is 19.2. The first-order valence-corrected chi connectivity index (χ1v) is 5.55. The minimum Gasteiger partial charge on any atom is -0.272 e. The minimum absolute atomic E-state index is 0.691. The van der Waals surface area contributed by atoms with Crippen LogP contribution in [-0.2, 0) is 0 Å². The van der Waals surface area contributed by atoms with Crippen LogP contribution in [0.4, 0.5) is 23.2 Å². The van der Waals surface area contributed by atoms with Gasteiger partial charge < -0.3 is 0 Å². The van der Waals surface area contributed by atoms with Crippen molar-refractivity contribution >= 4 is 11.9 Å². The maximum atomic E-state index is 13.3. The van der Waals surface area contributed by atoms with Crippen LogP contribution in [0.15, 0.2) is 29.4 Å². The highest BCUT2D eigenvalue weighted by Crippen LogP contribution is 2.21. The Labute approximate surface area is 112 Å². The van der Waals surface area contributed by atoms with Crippen LogP contribution >= 0.6 is 0 Å². The van der Waals surface area contributed by atoms with Crippen molar-refractivity contribution in [3.63, 3.8) is 0 Å². The largest absolute Gasteiger partial charge is 0.272 e. The number of pyridine rings is 1. The summed E-state index contributed by atoms with van der Waals surface area (Å²) in [6, 6.07) is 7.10. The Kier molecular flexibility index (Phi) is 3.97. The Bertz CT molecular complexity index is 645. The monoisotopic (exact) mass is 283 g/mol. The highest BCUT2D eigenvalue weighted by molar-refractivity contribution is 5.82. The van der Waals surface area contributed by atoms with Crippen molar-refractivity contribution in [3.05, 3.63) is 58.9 Å². The number of hydrazone groups is 1. The molecule has 0 fully saturated rings. The summed E-state index contributed by atoms with van der Waals surface area (Å²) in [5.74, 6) is -6.74. The van der Waals surface area contributed by atoms with E-state index in [0.29, 0.717) is 5.56 Å². The lowest BCUT2D eigenvalue weighted by molar-refractivity contribution is 0.411. The summed E-state index contributed by atoms with van der Waals surface area (Å²) in [7, 11) is 0. The molecule has 20 heavy (non-hydrogen) atoms. The lowest BCUT2D eigenvalue weighted by Gasteiger charge is -2.05. The van der Waals surface area contributed by atoms with Gasteiger partial charge in [-0.15, -0.1) is 0 Å². The molecule has 0 amide bonds. The molecule has 0 aliphatic rings. The van der Waals surface area contributed by atoms with E-state index in [-0.39, 0.29) is 0 Å². The second-order valence-corrected chi connectivity index (χ2v) is 3.92. The fourth-order valence-corrected chi connectivity index (χ4v) is 1.48. The minimum atomic E-state index is -1.74. The van der Waals surface area contributed by atoms with Crippen LogP contribution in [-0.4, -0.2) is 11.2 Å². The molecule has 3 nitrogen and oxygen atoms in total. The van der Waals surface area contributed by atoms with E-state index in [2.05, 4.69) is 10.1 Å². The number of hydrogen-bond acceptors (Lipinski definition) is 3. The predicted molar refractivity (Wildman–Crippen MR) is 66.5 cm³/mol. The van der Waals surface area contributed by atoms with Gasteiger partial charge in [0.15, 0.2) is 0 Å². The van der Waals surface area contributed by atoms with Gasteiger partial charge in [0.2, 0.25) is 11.6 Å². The van der Waals surface area contributed by atoms with Gasteiger partial charge in [-0.1, -0.05) is 24.3 Å². The third-order valence-electron chi connectivity index (χ3n) is 2.57. The summed E-state index contributed by atoms with van der Waals surface area (Å²) < 4.78 is 52.2. The van der Waals surface area contributed by atoms with Crippen molar-refractivity contribution in [1.29, 1.82) is 0 Å². The van der Waals surface area contributed by atoms with Gasteiger partial charge >= 0.3 is 0 Å². The number of rotatable bonds is 3. The Balaban J connectivity index is 2.26. The molecule has 0 saturated carbocycles. The van der Waals surface area contributed by atoms with Crippen LogP contribution in [0.1, 0.15) is 11.1 Å². The number of benzene rings is 1. The van der Waals surface area contributed by atoms with E-state index in [1.54, 1.807) is 12.1 Å². The first-order chi connectivity index (χ1) is 9.50. The molecule has 7 heteroatoms. The zero-order valence-corrected chi connectivity index (χ0v) is 10.3. The smallest absolute Gasteiger partial charge is 0.254 e. The van der Waals surface area contributed by atoms with Gasteiger partial charge in [-0.3, -0.25) is 5.43 Å². The van der Waals surface area contributed by atoms with E-state index in [9.17, 15) is 17.6 Å². The second kappa shape index (κ2) is 5.68. The molecule has 0 unspecified atom stereocenters. The molecule has 0 saturated heterocycles. The fourth-order valence-electron chi connectivity index (χ4n) is 1.48. The molecule has 0 spiro atoms. The van der Waals surface area contributed by atoms with Crippen molar-refractivity contribution in [2.45, 2.75) is 6.92 Å². The summed E-state index contributed by atoms with van der Waals surface area (Å²) >= 11 is 0. The Morgan fingerprint density at radius 3 is 2.25 bits per heavy atom. The van der Waals surface area contributed by atoms with E-state index in [0.717, 1.165) is 5.56 Å². The quantitative estimate of drug-likeness (QED) is 0.406. The SMILES string of the molecule is Cc1ccccc1/C=N\Nc1c(F)c(F)nc(F)c1F. The molecule has 1 heterocycles. The van der Waals surface area contributed by atoms with Crippen LogP contribution in [0.25, 0.3) is 0 Å². The van der Waals surface area contributed by atoms with Gasteiger partial charge in [0.1, 0.15) is 5.69 Å². The molecule has 0 radical (unpaired) electrons. The maximum absolute atomic E-state index is 13.3. The van der Waals surface area contributed by atoms with E-state index in [1.807, 2.05) is 24.5 Å². The Morgan fingerprint density at radius 2 is 1.65 bits per heavy atom. The lowest BCUT2D eigenvalue weighted by atomic mass is 10.1. The van der Waals surface area contributed by atoms with Crippen LogP contribution in [0, 0.1) is 30.5 Å². The van der Waals surface area contributed by atoms with Gasteiger partial charge in [0.25, 0.3) is 11.9 Å². The predicted octanol–water partition coefficient (Wildman–Crippen LogP) is 3.39. The van der Waals surface area contributed by atoms with Crippen LogP contribution in [0.2, 0.25) is 0 Å². The van der Waals surface area contributed by atoms with Gasteiger partial charge in [-0.2, -0.15) is 27.6 Å². The topological polar surface area (TPSA) is 37.3 Å². The third kappa shape index (κ3) is 2.76. The lowest BCUT2D eigenvalue weighted by Crippen LogP contribution is -2.06. The number of aryl methyl sites for hydroxylation is 1. The molecule has 2 rings (SSSR count). The first kappa shape index (κ1) is 14.0. The number of halogens is 4. The van der Waals surface area contributed by atoms with Gasteiger partial charge in [-0.05, 0) is 18.1 Å². The average molecular weight is 283 g/mol. The normalized spacial score (nSPS) is 11.1. The zero-order chi connectivity index (χ0) is 14.7. The fraction of sp³-hybridized carbons (Fsp3) is 0.0769. The molecule has 0 bridgehead atoms. The zero-order valence-electron chi connectivity index (χ0n) is 10.3. The Morgan fingerprint density at radius 1 is 1.05 bits per heavy atom. The highest BCUT2D eigenvalue weighted by Gasteiger charge is 2.20. The summed E-state index contributed by atoms with van der Waals surface area (Å²) in [4.78, 5) is 2.44. The molecular weight excluding hydrogens is 274 g/mol. The third-order valence-corrected chi connectivity index (χ3v) is 2.57. The Hall–Kier alpha value is -2.44. The number of hydrogen-bond donors (Lipinski definition) is 1. The van der Waals surface area contributed by atoms with E-state index in [1.165, 1.54) is 6.21 Å².